The van der Waals surface area contributed by atoms with Gasteiger partial charge >= 0.3 is 0 Å². The van der Waals surface area contributed by atoms with Crippen molar-refractivity contribution in [3.63, 3.8) is 0 Å². The van der Waals surface area contributed by atoms with Gasteiger partial charge in [0.25, 0.3) is 5.91 Å². The van der Waals surface area contributed by atoms with E-state index in [0.717, 1.165) is 36.5 Å². The van der Waals surface area contributed by atoms with E-state index < -0.39 is 0 Å². The van der Waals surface area contributed by atoms with Crippen LogP contribution in [0, 0.1) is 5.92 Å². The largest absolute Gasteiger partial charge is 0.337 e. The molecule has 0 saturated heterocycles. The van der Waals surface area contributed by atoms with Crippen LogP contribution in [0.2, 0.25) is 0 Å². The lowest BCUT2D eigenvalue weighted by atomic mass is 10.0. The van der Waals surface area contributed by atoms with E-state index in [1.807, 2.05) is 35.4 Å². The van der Waals surface area contributed by atoms with Crippen LogP contribution in [-0.2, 0) is 0 Å². The van der Waals surface area contributed by atoms with E-state index in [0.29, 0.717) is 11.6 Å². The zero-order chi connectivity index (χ0) is 15.2. The van der Waals surface area contributed by atoms with Crippen molar-refractivity contribution in [1.29, 1.82) is 0 Å². The van der Waals surface area contributed by atoms with Gasteiger partial charge in [-0.2, -0.15) is 5.10 Å². The number of hydrogen-bond donors (Lipinski definition) is 1. The van der Waals surface area contributed by atoms with Crippen LogP contribution >= 0.6 is 11.3 Å². The molecule has 0 spiro atoms. The quantitative estimate of drug-likeness (QED) is 0.839. The van der Waals surface area contributed by atoms with Crippen molar-refractivity contribution in [1.82, 2.24) is 15.1 Å². The van der Waals surface area contributed by atoms with E-state index in [9.17, 15) is 4.79 Å². The summed E-state index contributed by atoms with van der Waals surface area (Å²) < 4.78 is 0. The lowest BCUT2D eigenvalue weighted by molar-refractivity contribution is 0.0729. The molecule has 21 heavy (non-hydrogen) atoms. The SMILES string of the molecule is CCC(CC)CN(CC)C(=O)c1cc(-c2cccs2)[nH]n1. The molecule has 0 fully saturated rings. The van der Waals surface area contributed by atoms with Gasteiger partial charge in [-0.15, -0.1) is 11.3 Å². The van der Waals surface area contributed by atoms with Crippen molar-refractivity contribution in [3.8, 4) is 10.6 Å². The molecule has 2 aromatic rings. The average molecular weight is 305 g/mol. The van der Waals surface area contributed by atoms with Crippen molar-refractivity contribution in [2.45, 2.75) is 33.6 Å². The highest BCUT2D eigenvalue weighted by Crippen LogP contribution is 2.23. The Balaban J connectivity index is 2.11. The number of aromatic amines is 1. The number of thiophene rings is 1. The molecule has 5 heteroatoms. The third-order valence-electron chi connectivity index (χ3n) is 3.89. The fraction of sp³-hybridized carbons (Fsp3) is 0.500. The molecule has 0 bridgehead atoms. The molecule has 1 N–H and O–H groups in total. The maximum atomic E-state index is 12.6. The van der Waals surface area contributed by atoms with E-state index in [2.05, 4.69) is 24.0 Å². The van der Waals surface area contributed by atoms with Crippen molar-refractivity contribution in [3.05, 3.63) is 29.3 Å². The van der Waals surface area contributed by atoms with Gasteiger partial charge in [-0.1, -0.05) is 32.8 Å². The van der Waals surface area contributed by atoms with E-state index in [1.165, 1.54) is 0 Å². The molecule has 2 aromatic heterocycles. The molecule has 0 radical (unpaired) electrons. The summed E-state index contributed by atoms with van der Waals surface area (Å²) in [7, 11) is 0. The molecule has 2 rings (SSSR count). The highest BCUT2D eigenvalue weighted by Gasteiger charge is 2.20. The molecule has 114 valence electrons. The number of hydrogen-bond acceptors (Lipinski definition) is 3. The summed E-state index contributed by atoms with van der Waals surface area (Å²) in [6.07, 6.45) is 2.20. The molecule has 0 atom stereocenters. The first kappa shape index (κ1) is 15.8. The second-order valence-electron chi connectivity index (χ2n) is 5.17. The Kier molecular flexibility index (Phi) is 5.56. The summed E-state index contributed by atoms with van der Waals surface area (Å²) in [4.78, 5) is 15.6. The van der Waals surface area contributed by atoms with Gasteiger partial charge < -0.3 is 4.90 Å². The van der Waals surface area contributed by atoms with Gasteiger partial charge in [0.1, 0.15) is 0 Å². The van der Waals surface area contributed by atoms with Crippen molar-refractivity contribution in [2.24, 2.45) is 5.92 Å². The minimum Gasteiger partial charge on any atom is -0.337 e. The predicted octanol–water partition coefficient (Wildman–Crippen LogP) is 4.04. The lowest BCUT2D eigenvalue weighted by Gasteiger charge is -2.24. The summed E-state index contributed by atoms with van der Waals surface area (Å²) >= 11 is 1.64. The number of carbonyl (C=O) groups is 1. The number of amides is 1. The van der Waals surface area contributed by atoms with Crippen molar-refractivity contribution < 1.29 is 4.79 Å². The molecule has 0 aliphatic heterocycles. The van der Waals surface area contributed by atoms with E-state index >= 15 is 0 Å². The lowest BCUT2D eigenvalue weighted by Crippen LogP contribution is -2.35. The van der Waals surface area contributed by atoms with Gasteiger partial charge in [-0.05, 0) is 30.4 Å². The number of carbonyl (C=O) groups excluding carboxylic acids is 1. The minimum absolute atomic E-state index is 0.0171. The topological polar surface area (TPSA) is 49.0 Å². The normalized spacial score (nSPS) is 11.0. The third-order valence-corrected chi connectivity index (χ3v) is 4.79. The standard InChI is InChI=1S/C16H23N3OS/c1-4-12(5-2)11-19(6-3)16(20)14-10-13(17-18-14)15-8-7-9-21-15/h7-10,12H,4-6,11H2,1-3H3,(H,17,18). The summed E-state index contributed by atoms with van der Waals surface area (Å²) in [6, 6.07) is 5.87. The molecule has 0 aliphatic carbocycles. The highest BCUT2D eigenvalue weighted by atomic mass is 32.1. The Morgan fingerprint density at radius 2 is 2.14 bits per heavy atom. The maximum Gasteiger partial charge on any atom is 0.274 e. The third kappa shape index (κ3) is 3.73. The molecule has 2 heterocycles. The number of rotatable bonds is 7. The van der Waals surface area contributed by atoms with Crippen molar-refractivity contribution in [2.75, 3.05) is 13.1 Å². The predicted molar refractivity (Wildman–Crippen MR) is 87.6 cm³/mol. The van der Waals surface area contributed by atoms with E-state index in [4.69, 9.17) is 0 Å². The van der Waals surface area contributed by atoms with Crippen LogP contribution in [0.15, 0.2) is 23.6 Å². The zero-order valence-electron chi connectivity index (χ0n) is 12.9. The Morgan fingerprint density at radius 3 is 2.71 bits per heavy atom. The van der Waals surface area contributed by atoms with Gasteiger partial charge in [0.15, 0.2) is 5.69 Å². The number of aromatic nitrogens is 2. The Bertz CT molecular complexity index is 558. The summed E-state index contributed by atoms with van der Waals surface area (Å²) in [5.41, 5.74) is 1.41. The Hall–Kier alpha value is -1.62. The van der Waals surface area contributed by atoms with E-state index in [-0.39, 0.29) is 5.91 Å². The maximum absolute atomic E-state index is 12.6. The number of nitrogens with zero attached hydrogens (tertiary/aromatic N) is 2. The Morgan fingerprint density at radius 1 is 1.38 bits per heavy atom. The van der Waals surface area contributed by atoms with Gasteiger partial charge in [0.05, 0.1) is 10.6 Å². The smallest absolute Gasteiger partial charge is 0.274 e. The number of H-pyrrole nitrogens is 1. The molecule has 4 nitrogen and oxygen atoms in total. The van der Waals surface area contributed by atoms with Gasteiger partial charge in [-0.3, -0.25) is 9.89 Å². The fourth-order valence-corrected chi connectivity index (χ4v) is 3.06. The van der Waals surface area contributed by atoms with Gasteiger partial charge in [-0.25, -0.2) is 0 Å². The molecule has 0 aliphatic rings. The van der Waals surface area contributed by atoms with Gasteiger partial charge in [0, 0.05) is 13.1 Å². The van der Waals surface area contributed by atoms with Crippen LogP contribution < -0.4 is 0 Å². The fourth-order valence-electron chi connectivity index (χ4n) is 2.37. The van der Waals surface area contributed by atoms with Crippen LogP contribution in [-0.4, -0.2) is 34.1 Å². The number of nitrogens with one attached hydrogen (secondary N) is 1. The van der Waals surface area contributed by atoms with Crippen LogP contribution in [0.1, 0.15) is 44.1 Å². The molecule has 0 unspecified atom stereocenters. The van der Waals surface area contributed by atoms with Gasteiger partial charge in [0.2, 0.25) is 0 Å². The van der Waals surface area contributed by atoms with Crippen molar-refractivity contribution >= 4 is 17.2 Å². The van der Waals surface area contributed by atoms with E-state index in [1.54, 1.807) is 11.3 Å². The molecular formula is C16H23N3OS. The monoisotopic (exact) mass is 305 g/mol. The highest BCUT2D eigenvalue weighted by molar-refractivity contribution is 7.13. The Labute approximate surface area is 130 Å². The first-order valence-electron chi connectivity index (χ1n) is 7.58. The van der Waals surface area contributed by atoms with Crippen LogP contribution in [0.4, 0.5) is 0 Å². The van der Waals surface area contributed by atoms with Crippen LogP contribution in [0.25, 0.3) is 10.6 Å². The van der Waals surface area contributed by atoms with Crippen LogP contribution in [0.5, 0.6) is 0 Å². The summed E-state index contributed by atoms with van der Waals surface area (Å²) in [5.74, 6) is 0.577. The summed E-state index contributed by atoms with van der Waals surface area (Å²) in [5, 5.41) is 9.17. The zero-order valence-corrected chi connectivity index (χ0v) is 13.7. The van der Waals surface area contributed by atoms with Crippen LogP contribution in [0.3, 0.4) is 0 Å². The second-order valence-corrected chi connectivity index (χ2v) is 6.12. The molecule has 1 amide bonds. The average Bonchev–Trinajstić information content (AvgIpc) is 3.19. The first-order valence-corrected chi connectivity index (χ1v) is 8.46. The minimum atomic E-state index is 0.0171. The molecule has 0 aromatic carbocycles. The summed E-state index contributed by atoms with van der Waals surface area (Å²) in [6.45, 7) is 7.90. The second kappa shape index (κ2) is 7.41. The molecule has 0 saturated carbocycles. The molecular weight excluding hydrogens is 282 g/mol. The first-order chi connectivity index (χ1) is 10.2.